The van der Waals surface area contributed by atoms with Crippen molar-refractivity contribution in [2.45, 2.75) is 76.7 Å². The van der Waals surface area contributed by atoms with Crippen LogP contribution in [-0.2, 0) is 16.0 Å². The molecule has 0 bridgehead atoms. The van der Waals surface area contributed by atoms with Gasteiger partial charge in [-0.15, -0.1) is 0 Å². The van der Waals surface area contributed by atoms with E-state index in [2.05, 4.69) is 24.3 Å². The maximum Gasteiger partial charge on any atom is 0.305 e. The summed E-state index contributed by atoms with van der Waals surface area (Å²) < 4.78 is 4.79. The van der Waals surface area contributed by atoms with Crippen LogP contribution in [-0.4, -0.2) is 24.3 Å². The molecule has 140 valence electrons. The molecule has 1 aliphatic carbocycles. The van der Waals surface area contributed by atoms with Crippen molar-refractivity contribution in [3.8, 4) is 0 Å². The molecule has 3 atom stereocenters. The Hall–Kier alpha value is -1.35. The van der Waals surface area contributed by atoms with E-state index in [1.807, 2.05) is 6.07 Å². The van der Waals surface area contributed by atoms with Crippen LogP contribution in [0.4, 0.5) is 0 Å². The second-order valence-electron chi connectivity index (χ2n) is 7.64. The molecule has 3 heteroatoms. The predicted octanol–water partition coefficient (Wildman–Crippen LogP) is 4.91. The molecule has 1 saturated carbocycles. The average molecular weight is 347 g/mol. The molecule has 0 heterocycles. The van der Waals surface area contributed by atoms with E-state index in [1.165, 1.54) is 25.5 Å². The van der Waals surface area contributed by atoms with Crippen LogP contribution in [0.25, 0.3) is 0 Å². The smallest absolute Gasteiger partial charge is 0.305 e. The summed E-state index contributed by atoms with van der Waals surface area (Å²) in [6.07, 6.45) is 11.4. The number of methoxy groups -OCH3 is 1. The van der Waals surface area contributed by atoms with Gasteiger partial charge in [0.2, 0.25) is 0 Å². The number of carbonyl (C=O) groups excluding carboxylic acids is 1. The lowest BCUT2D eigenvalue weighted by Gasteiger charge is -2.29. The van der Waals surface area contributed by atoms with Crippen LogP contribution in [0.15, 0.2) is 30.3 Å². The third kappa shape index (κ3) is 8.04. The zero-order valence-corrected chi connectivity index (χ0v) is 15.7. The van der Waals surface area contributed by atoms with Gasteiger partial charge >= 0.3 is 5.97 Å². The molecular formula is C22H34O3. The molecule has 0 spiro atoms. The Kier molecular flexibility index (Phi) is 9.03. The molecule has 1 unspecified atom stereocenters. The van der Waals surface area contributed by atoms with Crippen molar-refractivity contribution < 1.29 is 14.6 Å². The third-order valence-corrected chi connectivity index (χ3v) is 5.58. The van der Waals surface area contributed by atoms with Gasteiger partial charge in [0.15, 0.2) is 0 Å². The van der Waals surface area contributed by atoms with E-state index in [0.717, 1.165) is 51.4 Å². The minimum atomic E-state index is -0.170. The summed E-state index contributed by atoms with van der Waals surface area (Å²) in [5.74, 6) is 1.07. The number of aliphatic hydroxyl groups is 1. The average Bonchev–Trinajstić information content (AvgIpc) is 2.64. The summed E-state index contributed by atoms with van der Waals surface area (Å²) in [7, 11) is 1.47. The van der Waals surface area contributed by atoms with E-state index >= 15 is 0 Å². The van der Waals surface area contributed by atoms with E-state index in [-0.39, 0.29) is 12.1 Å². The Morgan fingerprint density at radius 1 is 1.16 bits per heavy atom. The monoisotopic (exact) mass is 346 g/mol. The van der Waals surface area contributed by atoms with Gasteiger partial charge in [-0.05, 0) is 62.3 Å². The van der Waals surface area contributed by atoms with Gasteiger partial charge in [-0.25, -0.2) is 0 Å². The van der Waals surface area contributed by atoms with Crippen LogP contribution in [0, 0.1) is 11.8 Å². The molecule has 1 N–H and O–H groups in total. The molecule has 0 aliphatic heterocycles. The van der Waals surface area contributed by atoms with Crippen molar-refractivity contribution in [3.05, 3.63) is 35.9 Å². The third-order valence-electron chi connectivity index (χ3n) is 5.58. The SMILES string of the molecule is COC(=O)C[C@@H]1CCC[C@H](CCC(O)CCCCc2ccccc2)C1. The van der Waals surface area contributed by atoms with Gasteiger partial charge in [-0.2, -0.15) is 0 Å². The van der Waals surface area contributed by atoms with Crippen molar-refractivity contribution in [1.29, 1.82) is 0 Å². The van der Waals surface area contributed by atoms with Crippen molar-refractivity contribution in [1.82, 2.24) is 0 Å². The number of rotatable bonds is 10. The van der Waals surface area contributed by atoms with Crippen molar-refractivity contribution in [3.63, 3.8) is 0 Å². The normalized spacial score (nSPS) is 21.7. The highest BCUT2D eigenvalue weighted by molar-refractivity contribution is 5.69. The molecule has 0 aromatic heterocycles. The number of carbonyl (C=O) groups is 1. The second kappa shape index (κ2) is 11.3. The highest BCUT2D eigenvalue weighted by Gasteiger charge is 2.24. The molecule has 2 rings (SSSR count). The lowest BCUT2D eigenvalue weighted by Crippen LogP contribution is -2.20. The highest BCUT2D eigenvalue weighted by Crippen LogP contribution is 2.34. The van der Waals surface area contributed by atoms with E-state index in [1.54, 1.807) is 0 Å². The fourth-order valence-corrected chi connectivity index (χ4v) is 4.10. The number of hydrogen-bond donors (Lipinski definition) is 1. The lowest BCUT2D eigenvalue weighted by molar-refractivity contribution is -0.142. The van der Waals surface area contributed by atoms with E-state index in [4.69, 9.17) is 4.74 Å². The van der Waals surface area contributed by atoms with Crippen LogP contribution in [0.1, 0.15) is 69.8 Å². The molecule has 0 radical (unpaired) electrons. The first-order valence-corrected chi connectivity index (χ1v) is 9.96. The fourth-order valence-electron chi connectivity index (χ4n) is 4.10. The van der Waals surface area contributed by atoms with Crippen LogP contribution < -0.4 is 0 Å². The van der Waals surface area contributed by atoms with Crippen molar-refractivity contribution in [2.75, 3.05) is 7.11 Å². The number of unbranched alkanes of at least 4 members (excludes halogenated alkanes) is 1. The minimum Gasteiger partial charge on any atom is -0.469 e. The van der Waals surface area contributed by atoms with Gasteiger partial charge < -0.3 is 9.84 Å². The van der Waals surface area contributed by atoms with Gasteiger partial charge in [0.1, 0.15) is 0 Å². The number of esters is 1. The molecular weight excluding hydrogens is 312 g/mol. The molecule has 1 aliphatic rings. The maximum atomic E-state index is 11.4. The molecule has 0 amide bonds. The fraction of sp³-hybridized carbons (Fsp3) is 0.682. The molecule has 3 nitrogen and oxygen atoms in total. The lowest BCUT2D eigenvalue weighted by atomic mass is 9.77. The number of hydrogen-bond acceptors (Lipinski definition) is 3. The van der Waals surface area contributed by atoms with Crippen LogP contribution in [0.2, 0.25) is 0 Å². The highest BCUT2D eigenvalue weighted by atomic mass is 16.5. The summed E-state index contributed by atoms with van der Waals surface area (Å²) in [4.78, 5) is 11.4. The molecule has 1 fully saturated rings. The zero-order chi connectivity index (χ0) is 17.9. The molecule has 1 aromatic rings. The zero-order valence-electron chi connectivity index (χ0n) is 15.7. The quantitative estimate of drug-likeness (QED) is 0.484. The van der Waals surface area contributed by atoms with Gasteiger partial charge in [0.05, 0.1) is 13.2 Å². The van der Waals surface area contributed by atoms with Crippen LogP contribution in [0.5, 0.6) is 0 Å². The molecule has 1 aromatic carbocycles. The van der Waals surface area contributed by atoms with Gasteiger partial charge in [-0.1, -0.05) is 49.6 Å². The topological polar surface area (TPSA) is 46.5 Å². The summed E-state index contributed by atoms with van der Waals surface area (Å²) in [6, 6.07) is 10.6. The Labute approximate surface area is 152 Å². The summed E-state index contributed by atoms with van der Waals surface area (Å²) in [6.45, 7) is 0. The minimum absolute atomic E-state index is 0.0795. The standard InChI is InChI=1S/C22H34O3/c1-25-22(24)17-20-12-7-11-19(16-20)14-15-21(23)13-6-5-10-18-8-3-2-4-9-18/h2-4,8-9,19-21,23H,5-7,10-17H2,1H3/t19-,20-,21?/m1/s1. The second-order valence-corrected chi connectivity index (χ2v) is 7.64. The number of aliphatic hydroxyl groups excluding tert-OH is 1. The van der Waals surface area contributed by atoms with Crippen LogP contribution in [0.3, 0.4) is 0 Å². The first kappa shape index (κ1) is 20.0. The largest absolute Gasteiger partial charge is 0.469 e. The van der Waals surface area contributed by atoms with Gasteiger partial charge in [0.25, 0.3) is 0 Å². The maximum absolute atomic E-state index is 11.4. The van der Waals surface area contributed by atoms with E-state index in [9.17, 15) is 9.90 Å². The van der Waals surface area contributed by atoms with Crippen LogP contribution >= 0.6 is 0 Å². The van der Waals surface area contributed by atoms with Crippen molar-refractivity contribution >= 4 is 5.97 Å². The van der Waals surface area contributed by atoms with E-state index in [0.29, 0.717) is 18.3 Å². The predicted molar refractivity (Wildman–Crippen MR) is 101 cm³/mol. The summed E-state index contributed by atoms with van der Waals surface area (Å²) >= 11 is 0. The molecule has 0 saturated heterocycles. The number of benzene rings is 1. The summed E-state index contributed by atoms with van der Waals surface area (Å²) in [5.41, 5.74) is 1.39. The van der Waals surface area contributed by atoms with Gasteiger partial charge in [0, 0.05) is 6.42 Å². The first-order valence-electron chi connectivity index (χ1n) is 9.96. The summed E-state index contributed by atoms with van der Waals surface area (Å²) in [5, 5.41) is 10.3. The van der Waals surface area contributed by atoms with E-state index < -0.39 is 0 Å². The Balaban J connectivity index is 1.56. The van der Waals surface area contributed by atoms with Crippen molar-refractivity contribution in [2.24, 2.45) is 11.8 Å². The Morgan fingerprint density at radius 2 is 1.92 bits per heavy atom. The van der Waals surface area contributed by atoms with Gasteiger partial charge in [-0.3, -0.25) is 4.79 Å². The number of ether oxygens (including phenoxy) is 1. The first-order chi connectivity index (χ1) is 12.2. The Morgan fingerprint density at radius 3 is 2.68 bits per heavy atom. The number of aryl methyl sites for hydroxylation is 1. The Bertz CT molecular complexity index is 485. The molecule has 25 heavy (non-hydrogen) atoms.